The quantitative estimate of drug-likeness (QED) is 0.185. The predicted molar refractivity (Wildman–Crippen MR) is 207 cm³/mol. The van der Waals surface area contributed by atoms with Crippen molar-refractivity contribution in [2.45, 2.75) is 0 Å². The molecule has 10 rings (SSSR count). The van der Waals surface area contributed by atoms with Crippen LogP contribution in [0.25, 0.3) is 98.5 Å². The highest BCUT2D eigenvalue weighted by molar-refractivity contribution is 7.25. The number of hydrogen-bond acceptors (Lipinski definition) is 5. The van der Waals surface area contributed by atoms with Gasteiger partial charge in [0.05, 0.1) is 0 Å². The lowest BCUT2D eigenvalue weighted by Gasteiger charge is -2.08. The lowest BCUT2D eigenvalue weighted by Crippen LogP contribution is -2.00. The summed E-state index contributed by atoms with van der Waals surface area (Å²) in [5.41, 5.74) is 9.05. The average Bonchev–Trinajstić information content (AvgIpc) is 3.75. The highest BCUT2D eigenvalue weighted by Crippen LogP contribution is 2.38. The van der Waals surface area contributed by atoms with Crippen molar-refractivity contribution in [2.24, 2.45) is 0 Å². The topological polar surface area (TPSA) is 51.8 Å². The second-order valence-electron chi connectivity index (χ2n) is 12.5. The summed E-state index contributed by atoms with van der Waals surface area (Å²) in [4.78, 5) is 14.7. The van der Waals surface area contributed by atoms with Gasteiger partial charge in [-0.15, -0.1) is 11.3 Å². The van der Waals surface area contributed by atoms with E-state index in [1.807, 2.05) is 78.1 Å². The molecule has 0 bridgehead atoms. The highest BCUT2D eigenvalue weighted by Gasteiger charge is 2.15. The number of hydrogen-bond donors (Lipinski definition) is 0. The average molecular weight is 658 g/mol. The summed E-state index contributed by atoms with van der Waals surface area (Å²) in [5, 5.41) is 4.75. The first kappa shape index (κ1) is 28.6. The van der Waals surface area contributed by atoms with Gasteiger partial charge in [-0.3, -0.25) is 0 Å². The van der Waals surface area contributed by atoms with Gasteiger partial charge in [0.15, 0.2) is 17.5 Å². The number of aromatic nitrogens is 3. The molecule has 50 heavy (non-hydrogen) atoms. The summed E-state index contributed by atoms with van der Waals surface area (Å²) in [6.07, 6.45) is 0. The molecule has 3 aromatic heterocycles. The van der Waals surface area contributed by atoms with Crippen molar-refractivity contribution in [1.82, 2.24) is 15.0 Å². The van der Waals surface area contributed by atoms with Gasteiger partial charge in [0.25, 0.3) is 0 Å². The third-order valence-electron chi connectivity index (χ3n) is 9.34. The van der Waals surface area contributed by atoms with Crippen LogP contribution in [0.5, 0.6) is 0 Å². The minimum Gasteiger partial charge on any atom is -0.456 e. The Labute approximate surface area is 292 Å². The molecule has 234 valence electrons. The van der Waals surface area contributed by atoms with Crippen LogP contribution in [0, 0.1) is 0 Å². The Morgan fingerprint density at radius 2 is 0.800 bits per heavy atom. The minimum atomic E-state index is 0.603. The summed E-state index contributed by atoms with van der Waals surface area (Å²) in [7, 11) is 0. The second-order valence-corrected chi connectivity index (χ2v) is 13.5. The molecule has 4 nitrogen and oxygen atoms in total. The van der Waals surface area contributed by atoms with Gasteiger partial charge in [-0.05, 0) is 70.8 Å². The van der Waals surface area contributed by atoms with E-state index in [-0.39, 0.29) is 0 Å². The van der Waals surface area contributed by atoms with Gasteiger partial charge >= 0.3 is 0 Å². The number of rotatable bonds is 5. The molecule has 0 amide bonds. The van der Waals surface area contributed by atoms with Gasteiger partial charge in [0, 0.05) is 47.6 Å². The van der Waals surface area contributed by atoms with Crippen LogP contribution in [0.15, 0.2) is 168 Å². The van der Waals surface area contributed by atoms with Crippen LogP contribution in [-0.4, -0.2) is 15.0 Å². The molecular formula is C45H27N3OS. The number of fused-ring (bicyclic) bond motifs is 6. The van der Waals surface area contributed by atoms with Crippen molar-refractivity contribution in [2.75, 3.05) is 0 Å². The molecule has 0 saturated carbocycles. The monoisotopic (exact) mass is 657 g/mol. The van der Waals surface area contributed by atoms with E-state index in [0.717, 1.165) is 49.8 Å². The smallest absolute Gasteiger partial charge is 0.164 e. The summed E-state index contributed by atoms with van der Waals surface area (Å²) >= 11 is 1.85. The number of nitrogens with zero attached hydrogens (tertiary/aromatic N) is 3. The molecule has 0 saturated heterocycles. The summed E-state index contributed by atoms with van der Waals surface area (Å²) in [6.45, 7) is 0. The zero-order valence-corrected chi connectivity index (χ0v) is 27.6. The van der Waals surface area contributed by atoms with Crippen molar-refractivity contribution < 1.29 is 4.42 Å². The molecule has 0 fully saturated rings. The van der Waals surface area contributed by atoms with Crippen molar-refractivity contribution in [3.05, 3.63) is 164 Å². The number of thiophene rings is 1. The van der Waals surface area contributed by atoms with Crippen molar-refractivity contribution in [1.29, 1.82) is 0 Å². The van der Waals surface area contributed by atoms with Crippen molar-refractivity contribution >= 4 is 53.4 Å². The van der Waals surface area contributed by atoms with Crippen LogP contribution in [-0.2, 0) is 0 Å². The van der Waals surface area contributed by atoms with E-state index < -0.39 is 0 Å². The van der Waals surface area contributed by atoms with E-state index in [1.54, 1.807) is 0 Å². The molecule has 3 heterocycles. The largest absolute Gasteiger partial charge is 0.456 e. The van der Waals surface area contributed by atoms with E-state index in [9.17, 15) is 0 Å². The Morgan fingerprint density at radius 3 is 1.48 bits per heavy atom. The Kier molecular flexibility index (Phi) is 6.64. The maximum atomic E-state index is 6.53. The van der Waals surface area contributed by atoms with Crippen molar-refractivity contribution in [3.8, 4) is 56.4 Å². The van der Waals surface area contributed by atoms with Crippen molar-refractivity contribution in [3.63, 3.8) is 0 Å². The maximum absolute atomic E-state index is 6.53. The van der Waals surface area contributed by atoms with Crippen LogP contribution < -0.4 is 0 Å². The molecule has 0 unspecified atom stereocenters. The van der Waals surface area contributed by atoms with Crippen LogP contribution in [0.3, 0.4) is 0 Å². The van der Waals surface area contributed by atoms with Gasteiger partial charge in [0.1, 0.15) is 11.2 Å². The van der Waals surface area contributed by atoms with Crippen LogP contribution >= 0.6 is 11.3 Å². The van der Waals surface area contributed by atoms with E-state index in [4.69, 9.17) is 19.4 Å². The van der Waals surface area contributed by atoms with E-state index in [0.29, 0.717) is 17.5 Å². The van der Waals surface area contributed by atoms with Gasteiger partial charge in [-0.2, -0.15) is 0 Å². The van der Waals surface area contributed by atoms with E-state index >= 15 is 0 Å². The molecule has 0 radical (unpaired) electrons. The lowest BCUT2D eigenvalue weighted by atomic mass is 9.97. The highest BCUT2D eigenvalue weighted by atomic mass is 32.1. The third-order valence-corrected chi connectivity index (χ3v) is 10.5. The predicted octanol–water partition coefficient (Wildman–Crippen LogP) is 12.5. The van der Waals surface area contributed by atoms with Gasteiger partial charge in [-0.25, -0.2) is 15.0 Å². The van der Waals surface area contributed by atoms with E-state index in [2.05, 4.69) is 97.1 Å². The molecule has 0 aliphatic heterocycles. The number of benzene rings is 7. The van der Waals surface area contributed by atoms with Gasteiger partial charge < -0.3 is 4.42 Å². The normalized spacial score (nSPS) is 11.6. The lowest BCUT2D eigenvalue weighted by molar-refractivity contribution is 0.669. The zero-order valence-electron chi connectivity index (χ0n) is 26.7. The second kappa shape index (κ2) is 11.6. The first-order valence-corrected chi connectivity index (χ1v) is 17.4. The number of furan rings is 1. The molecule has 0 N–H and O–H groups in total. The fourth-order valence-electron chi connectivity index (χ4n) is 6.82. The van der Waals surface area contributed by atoms with Crippen LogP contribution in [0.2, 0.25) is 0 Å². The van der Waals surface area contributed by atoms with Crippen LogP contribution in [0.4, 0.5) is 0 Å². The molecule has 0 aliphatic rings. The molecule has 5 heteroatoms. The van der Waals surface area contributed by atoms with E-state index in [1.165, 1.54) is 31.3 Å². The summed E-state index contributed by atoms with van der Waals surface area (Å²) in [6, 6.07) is 57.0. The SMILES string of the molecule is c1ccc(-c2nc(-c3ccccc3)nc(-c3ccc4c(c3)oc3cc(-c5cccc(-c6ccc7sc8ccccc8c7c6)c5)ccc34)n2)cc1. The molecule has 0 atom stereocenters. The Bertz CT molecular complexity index is 2820. The Balaban J connectivity index is 1.03. The molecule has 0 aliphatic carbocycles. The van der Waals surface area contributed by atoms with Crippen LogP contribution in [0.1, 0.15) is 0 Å². The Morgan fingerprint density at radius 1 is 0.320 bits per heavy atom. The molecular weight excluding hydrogens is 631 g/mol. The first-order valence-electron chi connectivity index (χ1n) is 16.6. The summed E-state index contributed by atoms with van der Waals surface area (Å²) in [5.74, 6) is 1.87. The Hall–Kier alpha value is -6.43. The maximum Gasteiger partial charge on any atom is 0.164 e. The molecule has 7 aromatic carbocycles. The van der Waals surface area contributed by atoms with Gasteiger partial charge in [-0.1, -0.05) is 115 Å². The standard InChI is InChI=1S/C45H27N3OS/c1-3-10-28(11-4-1)43-46-44(29-12-5-2-6-13-29)48-45(47-43)34-19-22-36-35-21-18-33(26-39(35)49-40(36)27-34)31-15-9-14-30(24-31)32-20-23-42-38(25-32)37-16-7-8-17-41(37)50-42/h1-27H. The molecule has 0 spiro atoms. The third kappa shape index (κ3) is 4.95. The summed E-state index contributed by atoms with van der Waals surface area (Å²) < 4.78 is 9.17. The fraction of sp³-hybridized carbons (Fsp3) is 0. The minimum absolute atomic E-state index is 0.603. The fourth-order valence-corrected chi connectivity index (χ4v) is 7.90. The first-order chi connectivity index (χ1) is 24.7. The molecule has 10 aromatic rings. The zero-order chi connectivity index (χ0) is 33.0. The van der Waals surface area contributed by atoms with Gasteiger partial charge in [0.2, 0.25) is 0 Å².